The maximum atomic E-state index is 11.4. The first-order valence-corrected chi connectivity index (χ1v) is 8.43. The third-order valence-electron chi connectivity index (χ3n) is 2.17. The second kappa shape index (κ2) is 4.51. The standard InChI is InChI=1S/C7H11BrNO2S3.BrH/c1-9(2)6-12-5-3-14(10,11)4-7(5,8)13-6;/h5H,3-4H2,1-2H3;1H/q+1;/p-1. The van der Waals surface area contributed by atoms with Crippen molar-refractivity contribution in [2.75, 3.05) is 25.6 Å². The van der Waals surface area contributed by atoms with Crippen LogP contribution in [-0.4, -0.2) is 51.9 Å². The van der Waals surface area contributed by atoms with E-state index in [0.717, 1.165) is 0 Å². The number of hydrogen-bond acceptors (Lipinski definition) is 4. The Labute approximate surface area is 117 Å². The first-order chi connectivity index (χ1) is 6.32. The second-order valence-electron chi connectivity index (χ2n) is 3.71. The quantitative estimate of drug-likeness (QED) is 0.350. The van der Waals surface area contributed by atoms with Crippen molar-refractivity contribution in [3.63, 3.8) is 0 Å². The van der Waals surface area contributed by atoms with Gasteiger partial charge in [0.2, 0.25) is 0 Å². The van der Waals surface area contributed by atoms with Gasteiger partial charge in [0.1, 0.15) is 17.8 Å². The molecule has 8 heteroatoms. The Balaban J connectivity index is 0.00000112. The van der Waals surface area contributed by atoms with Crippen molar-refractivity contribution in [3.05, 3.63) is 0 Å². The molecule has 2 saturated heterocycles. The van der Waals surface area contributed by atoms with Crippen molar-refractivity contribution in [2.24, 2.45) is 0 Å². The zero-order chi connectivity index (χ0) is 10.6. The Morgan fingerprint density at radius 1 is 1.53 bits per heavy atom. The van der Waals surface area contributed by atoms with Gasteiger partial charge in [-0.1, -0.05) is 15.9 Å². The second-order valence-corrected chi connectivity index (χ2v) is 10.5. The molecule has 0 spiro atoms. The summed E-state index contributed by atoms with van der Waals surface area (Å²) in [5.74, 6) is 0.549. The lowest BCUT2D eigenvalue weighted by atomic mass is 10.4. The minimum atomic E-state index is -2.83. The van der Waals surface area contributed by atoms with Gasteiger partial charge in [0.25, 0.3) is 4.38 Å². The van der Waals surface area contributed by atoms with Crippen LogP contribution in [0.1, 0.15) is 0 Å². The number of sulfone groups is 1. The largest absolute Gasteiger partial charge is 1.00 e. The summed E-state index contributed by atoms with van der Waals surface area (Å²) in [6.07, 6.45) is 0. The van der Waals surface area contributed by atoms with Crippen molar-refractivity contribution in [1.82, 2.24) is 0 Å². The van der Waals surface area contributed by atoms with Crippen LogP contribution in [0.5, 0.6) is 0 Å². The SMILES string of the molecule is C[N+](C)=C1SC2CS(=O)(=O)CC2(Br)S1.[Br-]. The van der Waals surface area contributed by atoms with E-state index in [9.17, 15) is 8.42 Å². The van der Waals surface area contributed by atoms with E-state index < -0.39 is 9.84 Å². The van der Waals surface area contributed by atoms with Crippen LogP contribution < -0.4 is 17.0 Å². The summed E-state index contributed by atoms with van der Waals surface area (Å²) < 4.78 is 25.9. The summed E-state index contributed by atoms with van der Waals surface area (Å²) >= 11 is 6.88. The Kier molecular flexibility index (Phi) is 4.31. The minimum absolute atomic E-state index is 0. The maximum absolute atomic E-state index is 11.4. The van der Waals surface area contributed by atoms with Crippen LogP contribution in [0.4, 0.5) is 0 Å². The molecule has 2 aliphatic rings. The molecule has 0 N–H and O–H groups in total. The van der Waals surface area contributed by atoms with Crippen molar-refractivity contribution < 1.29 is 30.0 Å². The highest BCUT2D eigenvalue weighted by atomic mass is 79.9. The van der Waals surface area contributed by atoms with Crippen LogP contribution in [0.25, 0.3) is 0 Å². The van der Waals surface area contributed by atoms with E-state index in [1.54, 1.807) is 23.5 Å². The zero-order valence-electron chi connectivity index (χ0n) is 8.24. The molecule has 0 bridgehead atoms. The highest BCUT2D eigenvalue weighted by Crippen LogP contribution is 2.56. The highest BCUT2D eigenvalue weighted by Gasteiger charge is 2.57. The summed E-state index contributed by atoms with van der Waals surface area (Å²) in [7, 11) is 1.14. The number of thioether (sulfide) groups is 2. The average Bonchev–Trinajstić information content (AvgIpc) is 2.34. The summed E-state index contributed by atoms with van der Waals surface area (Å²) in [6, 6.07) is 0. The maximum Gasteiger partial charge on any atom is 0.271 e. The van der Waals surface area contributed by atoms with Gasteiger partial charge in [-0.2, -0.15) is 0 Å². The predicted octanol–water partition coefficient (Wildman–Crippen LogP) is -2.01. The Morgan fingerprint density at radius 2 is 2.13 bits per heavy atom. The third kappa shape index (κ3) is 2.75. The number of halogens is 2. The van der Waals surface area contributed by atoms with Crippen molar-refractivity contribution in [3.8, 4) is 0 Å². The molecule has 3 nitrogen and oxygen atoms in total. The van der Waals surface area contributed by atoms with Gasteiger partial charge in [-0.25, -0.2) is 13.0 Å². The van der Waals surface area contributed by atoms with Gasteiger partial charge < -0.3 is 17.0 Å². The molecule has 0 aliphatic carbocycles. The summed E-state index contributed by atoms with van der Waals surface area (Å²) in [5.41, 5.74) is 0. The molecule has 2 rings (SSSR count). The molecule has 2 atom stereocenters. The summed E-state index contributed by atoms with van der Waals surface area (Å²) in [5, 5.41) is 0.162. The van der Waals surface area contributed by atoms with E-state index in [1.165, 1.54) is 4.38 Å². The molecule has 0 aromatic rings. The fraction of sp³-hybridized carbons (Fsp3) is 0.857. The van der Waals surface area contributed by atoms with E-state index in [2.05, 4.69) is 15.9 Å². The first kappa shape index (κ1) is 14.3. The predicted molar refractivity (Wildman–Crippen MR) is 66.4 cm³/mol. The van der Waals surface area contributed by atoms with Crippen molar-refractivity contribution >= 4 is 53.7 Å². The number of rotatable bonds is 0. The number of hydrogen-bond donors (Lipinski definition) is 0. The fourth-order valence-electron chi connectivity index (χ4n) is 1.51. The van der Waals surface area contributed by atoms with Gasteiger partial charge in [0, 0.05) is 0 Å². The normalized spacial score (nSPS) is 37.3. The topological polar surface area (TPSA) is 37.1 Å². The smallest absolute Gasteiger partial charge is 0.271 e. The summed E-state index contributed by atoms with van der Waals surface area (Å²) in [6.45, 7) is 0. The van der Waals surface area contributed by atoms with Crippen LogP contribution in [0.3, 0.4) is 0 Å². The highest BCUT2D eigenvalue weighted by molar-refractivity contribution is 9.12. The van der Waals surface area contributed by atoms with Crippen LogP contribution >= 0.6 is 39.5 Å². The molecule has 88 valence electrons. The Bertz CT molecular complexity index is 404. The van der Waals surface area contributed by atoms with Crippen LogP contribution in [0.2, 0.25) is 0 Å². The molecule has 0 aromatic carbocycles. The lowest BCUT2D eigenvalue weighted by Crippen LogP contribution is -3.00. The summed E-state index contributed by atoms with van der Waals surface area (Å²) in [4.78, 5) is 0. The van der Waals surface area contributed by atoms with E-state index >= 15 is 0 Å². The molecular weight excluding hydrogens is 386 g/mol. The van der Waals surface area contributed by atoms with E-state index in [1.807, 2.05) is 18.7 Å². The number of alkyl halides is 1. The molecule has 15 heavy (non-hydrogen) atoms. The van der Waals surface area contributed by atoms with Crippen LogP contribution in [0, 0.1) is 0 Å². The fourth-order valence-corrected chi connectivity index (χ4v) is 10.2. The van der Waals surface area contributed by atoms with Crippen LogP contribution in [0.15, 0.2) is 0 Å². The van der Waals surface area contributed by atoms with Gasteiger partial charge in [-0.3, -0.25) is 0 Å². The van der Waals surface area contributed by atoms with E-state index in [4.69, 9.17) is 0 Å². The van der Waals surface area contributed by atoms with E-state index in [0.29, 0.717) is 5.75 Å². The third-order valence-corrected chi connectivity index (χ3v) is 9.71. The monoisotopic (exact) mass is 395 g/mol. The Hall–Kier alpha value is 1.28. The van der Waals surface area contributed by atoms with Crippen molar-refractivity contribution in [1.29, 1.82) is 0 Å². The molecule has 0 radical (unpaired) electrons. The van der Waals surface area contributed by atoms with Gasteiger partial charge in [0.05, 0.1) is 16.8 Å². The van der Waals surface area contributed by atoms with Gasteiger partial charge in [-0.15, -0.1) is 0 Å². The van der Waals surface area contributed by atoms with E-state index in [-0.39, 0.29) is 31.6 Å². The van der Waals surface area contributed by atoms with Gasteiger partial charge >= 0.3 is 0 Å². The number of fused-ring (bicyclic) bond motifs is 1. The molecule has 2 aliphatic heterocycles. The molecular formula is C7H11Br2NO2S3. The molecule has 2 fully saturated rings. The van der Waals surface area contributed by atoms with Crippen molar-refractivity contribution in [2.45, 2.75) is 8.91 Å². The van der Waals surface area contributed by atoms with Crippen LogP contribution in [-0.2, 0) is 9.84 Å². The molecule has 0 amide bonds. The zero-order valence-corrected chi connectivity index (χ0v) is 13.9. The molecule has 2 heterocycles. The lowest BCUT2D eigenvalue weighted by Gasteiger charge is -2.13. The van der Waals surface area contributed by atoms with Gasteiger partial charge in [0.15, 0.2) is 9.84 Å². The van der Waals surface area contributed by atoms with Gasteiger partial charge in [-0.05, 0) is 23.5 Å². The first-order valence-electron chi connectivity index (χ1n) is 4.12. The minimum Gasteiger partial charge on any atom is -1.00 e. The molecule has 0 aromatic heterocycles. The average molecular weight is 397 g/mol. The Morgan fingerprint density at radius 3 is 2.60 bits per heavy atom. The lowest BCUT2D eigenvalue weighted by molar-refractivity contribution is -0.458. The number of nitrogens with zero attached hydrogens (tertiary/aromatic N) is 1. The molecule has 2 unspecified atom stereocenters. The molecule has 0 saturated carbocycles.